The quantitative estimate of drug-likeness (QED) is 0.658. The van der Waals surface area contributed by atoms with Crippen LogP contribution in [-0.2, 0) is 9.47 Å². The van der Waals surface area contributed by atoms with Crippen molar-refractivity contribution in [1.29, 1.82) is 5.26 Å². The monoisotopic (exact) mass is 275 g/mol. The molecular weight excluding hydrogens is 258 g/mol. The van der Waals surface area contributed by atoms with Crippen molar-refractivity contribution in [2.24, 2.45) is 0 Å². The summed E-state index contributed by atoms with van der Waals surface area (Å²) in [5.41, 5.74) is 7.72. The number of nitrogens with zero attached hydrogens (tertiary/aromatic N) is 2. The molecule has 0 amide bonds. The second-order valence-electron chi connectivity index (χ2n) is 4.43. The lowest BCUT2D eigenvalue weighted by atomic mass is 10.1. The topological polar surface area (TPSA) is 88.6 Å². The molecule has 2 N–H and O–H groups in total. The first-order valence-corrected chi connectivity index (χ1v) is 6.48. The van der Waals surface area contributed by atoms with E-state index in [9.17, 15) is 4.79 Å². The molecule has 1 aromatic carbocycles. The SMILES string of the molecule is CCOC(=O)c1ccc(N)c(N2CCOC(C#N)C2)c1. The predicted molar refractivity (Wildman–Crippen MR) is 74.4 cm³/mol. The summed E-state index contributed by atoms with van der Waals surface area (Å²) in [5, 5.41) is 8.93. The summed E-state index contributed by atoms with van der Waals surface area (Å²) >= 11 is 0. The smallest absolute Gasteiger partial charge is 0.338 e. The molecule has 2 rings (SSSR count). The molecule has 0 aromatic heterocycles. The Labute approximate surface area is 117 Å². The van der Waals surface area contributed by atoms with Gasteiger partial charge in [-0.05, 0) is 25.1 Å². The van der Waals surface area contributed by atoms with E-state index in [1.54, 1.807) is 25.1 Å². The summed E-state index contributed by atoms with van der Waals surface area (Å²) in [5.74, 6) is -0.376. The van der Waals surface area contributed by atoms with Gasteiger partial charge in [0.25, 0.3) is 0 Å². The number of anilines is 2. The van der Waals surface area contributed by atoms with E-state index in [0.29, 0.717) is 37.6 Å². The van der Waals surface area contributed by atoms with Gasteiger partial charge in [0, 0.05) is 6.54 Å². The minimum atomic E-state index is -0.477. The molecule has 0 bridgehead atoms. The van der Waals surface area contributed by atoms with Crippen molar-refractivity contribution in [2.75, 3.05) is 36.9 Å². The first kappa shape index (κ1) is 14.2. The first-order chi connectivity index (χ1) is 9.65. The fourth-order valence-corrected chi connectivity index (χ4v) is 2.11. The molecule has 1 saturated heterocycles. The minimum Gasteiger partial charge on any atom is -0.462 e. The highest BCUT2D eigenvalue weighted by molar-refractivity contribution is 5.92. The molecule has 0 aliphatic carbocycles. The van der Waals surface area contributed by atoms with Gasteiger partial charge in [0.1, 0.15) is 0 Å². The second-order valence-corrected chi connectivity index (χ2v) is 4.43. The summed E-state index contributed by atoms with van der Waals surface area (Å²) in [4.78, 5) is 13.7. The van der Waals surface area contributed by atoms with Crippen LogP contribution in [0.1, 0.15) is 17.3 Å². The van der Waals surface area contributed by atoms with Gasteiger partial charge in [0.15, 0.2) is 6.10 Å². The van der Waals surface area contributed by atoms with Crippen molar-refractivity contribution in [2.45, 2.75) is 13.0 Å². The molecule has 20 heavy (non-hydrogen) atoms. The van der Waals surface area contributed by atoms with E-state index >= 15 is 0 Å². The van der Waals surface area contributed by atoms with E-state index in [-0.39, 0.29) is 5.97 Å². The van der Waals surface area contributed by atoms with Crippen LogP contribution in [-0.4, -0.2) is 38.4 Å². The molecule has 0 radical (unpaired) electrons. The van der Waals surface area contributed by atoms with Crippen LogP contribution in [0, 0.1) is 11.3 Å². The molecule has 1 heterocycles. The van der Waals surface area contributed by atoms with Crippen LogP contribution in [0.5, 0.6) is 0 Å². The highest BCUT2D eigenvalue weighted by atomic mass is 16.5. The summed E-state index contributed by atoms with van der Waals surface area (Å²) in [6, 6.07) is 7.10. The second kappa shape index (κ2) is 6.26. The van der Waals surface area contributed by atoms with Crippen LogP contribution in [0.15, 0.2) is 18.2 Å². The third kappa shape index (κ3) is 3.00. The molecule has 1 aliphatic heterocycles. The van der Waals surface area contributed by atoms with Gasteiger partial charge in [-0.15, -0.1) is 0 Å². The Morgan fingerprint density at radius 1 is 1.65 bits per heavy atom. The molecular formula is C14H17N3O3. The van der Waals surface area contributed by atoms with Crippen molar-refractivity contribution in [3.05, 3.63) is 23.8 Å². The average Bonchev–Trinajstić information content (AvgIpc) is 2.48. The van der Waals surface area contributed by atoms with Gasteiger partial charge >= 0.3 is 5.97 Å². The molecule has 1 aromatic rings. The average molecular weight is 275 g/mol. The Balaban J connectivity index is 2.24. The minimum absolute atomic E-state index is 0.326. The molecule has 1 fully saturated rings. The summed E-state index contributed by atoms with van der Waals surface area (Å²) in [7, 11) is 0. The Morgan fingerprint density at radius 3 is 3.15 bits per heavy atom. The summed E-state index contributed by atoms with van der Waals surface area (Å²) in [6.07, 6.45) is -0.477. The third-order valence-electron chi connectivity index (χ3n) is 3.09. The number of nitriles is 1. The molecule has 1 atom stereocenters. The van der Waals surface area contributed by atoms with E-state index in [0.717, 1.165) is 5.69 Å². The number of carbonyl (C=O) groups is 1. The number of nitrogen functional groups attached to an aromatic ring is 1. The number of carbonyl (C=O) groups excluding carboxylic acids is 1. The lowest BCUT2D eigenvalue weighted by Crippen LogP contribution is -2.42. The number of hydrogen-bond acceptors (Lipinski definition) is 6. The standard InChI is InChI=1S/C14H17N3O3/c1-2-19-14(18)10-3-4-12(16)13(7-10)17-5-6-20-11(8-15)9-17/h3-4,7,11H,2,5-6,9,16H2,1H3. The van der Waals surface area contributed by atoms with Gasteiger partial charge in [0.05, 0.1) is 42.8 Å². The van der Waals surface area contributed by atoms with Crippen LogP contribution in [0.4, 0.5) is 11.4 Å². The number of nitrogens with two attached hydrogens (primary N) is 1. The van der Waals surface area contributed by atoms with E-state index < -0.39 is 6.10 Å². The van der Waals surface area contributed by atoms with Crippen LogP contribution in [0.2, 0.25) is 0 Å². The Hall–Kier alpha value is -2.26. The van der Waals surface area contributed by atoms with E-state index in [2.05, 4.69) is 6.07 Å². The maximum atomic E-state index is 11.8. The number of rotatable bonds is 3. The van der Waals surface area contributed by atoms with Gasteiger partial charge in [-0.2, -0.15) is 5.26 Å². The van der Waals surface area contributed by atoms with Gasteiger partial charge in [-0.3, -0.25) is 0 Å². The Bertz CT molecular complexity index is 539. The van der Waals surface area contributed by atoms with Crippen molar-refractivity contribution in [3.63, 3.8) is 0 Å². The number of esters is 1. The summed E-state index contributed by atoms with van der Waals surface area (Å²) < 4.78 is 10.3. The molecule has 6 heteroatoms. The zero-order valence-corrected chi connectivity index (χ0v) is 11.3. The predicted octanol–water partition coefficient (Wildman–Crippen LogP) is 1.17. The van der Waals surface area contributed by atoms with Crippen LogP contribution >= 0.6 is 0 Å². The van der Waals surface area contributed by atoms with Gasteiger partial charge in [0.2, 0.25) is 0 Å². The Kier molecular flexibility index (Phi) is 4.43. The fraction of sp³-hybridized carbons (Fsp3) is 0.429. The molecule has 0 saturated carbocycles. The highest BCUT2D eigenvalue weighted by Gasteiger charge is 2.22. The highest BCUT2D eigenvalue weighted by Crippen LogP contribution is 2.26. The third-order valence-corrected chi connectivity index (χ3v) is 3.09. The maximum Gasteiger partial charge on any atom is 0.338 e. The van der Waals surface area contributed by atoms with Crippen LogP contribution < -0.4 is 10.6 Å². The fourth-order valence-electron chi connectivity index (χ4n) is 2.11. The zero-order chi connectivity index (χ0) is 14.5. The Morgan fingerprint density at radius 2 is 2.45 bits per heavy atom. The van der Waals surface area contributed by atoms with Crippen molar-refractivity contribution < 1.29 is 14.3 Å². The van der Waals surface area contributed by atoms with E-state index in [1.165, 1.54) is 0 Å². The van der Waals surface area contributed by atoms with Gasteiger partial charge in [-0.25, -0.2) is 4.79 Å². The van der Waals surface area contributed by atoms with Gasteiger partial charge < -0.3 is 20.1 Å². The zero-order valence-electron chi connectivity index (χ0n) is 11.3. The molecule has 1 aliphatic rings. The number of benzene rings is 1. The molecule has 6 nitrogen and oxygen atoms in total. The van der Waals surface area contributed by atoms with E-state index in [4.69, 9.17) is 20.5 Å². The van der Waals surface area contributed by atoms with Crippen molar-refractivity contribution in [1.82, 2.24) is 0 Å². The molecule has 106 valence electrons. The first-order valence-electron chi connectivity index (χ1n) is 6.48. The number of morpholine rings is 1. The largest absolute Gasteiger partial charge is 0.462 e. The van der Waals surface area contributed by atoms with E-state index in [1.807, 2.05) is 4.90 Å². The van der Waals surface area contributed by atoms with Crippen LogP contribution in [0.3, 0.4) is 0 Å². The lowest BCUT2D eigenvalue weighted by Gasteiger charge is -2.32. The summed E-state index contributed by atoms with van der Waals surface area (Å²) in [6.45, 7) is 3.62. The normalized spacial score (nSPS) is 18.4. The molecule has 0 spiro atoms. The lowest BCUT2D eigenvalue weighted by molar-refractivity contribution is 0.0526. The number of ether oxygens (including phenoxy) is 2. The number of hydrogen-bond donors (Lipinski definition) is 1. The van der Waals surface area contributed by atoms with Crippen molar-refractivity contribution in [3.8, 4) is 6.07 Å². The molecule has 1 unspecified atom stereocenters. The van der Waals surface area contributed by atoms with Crippen LogP contribution in [0.25, 0.3) is 0 Å². The maximum absolute atomic E-state index is 11.8. The van der Waals surface area contributed by atoms with Crippen molar-refractivity contribution >= 4 is 17.3 Å². The van der Waals surface area contributed by atoms with Gasteiger partial charge in [-0.1, -0.05) is 0 Å².